The van der Waals surface area contributed by atoms with E-state index in [1.807, 2.05) is 38.1 Å². The van der Waals surface area contributed by atoms with Gasteiger partial charge in [-0.15, -0.1) is 0 Å². The highest BCUT2D eigenvalue weighted by atomic mass is 32.2. The number of unbranched alkanes of at least 4 members (excludes halogenated alkanes) is 1. The SMILES string of the molecule is CCCCNC(=O)[C@@H](C)N(Cc1cccc(C)c1)C(=O)CN(c1cccc(OC)c1)S(=O)(=O)c1ccccc1. The van der Waals surface area contributed by atoms with E-state index in [1.165, 1.54) is 24.1 Å². The normalized spacial score (nSPS) is 11.9. The van der Waals surface area contributed by atoms with Gasteiger partial charge in [-0.25, -0.2) is 8.42 Å². The third-order valence-electron chi connectivity index (χ3n) is 6.38. The molecule has 0 unspecified atom stereocenters. The van der Waals surface area contributed by atoms with Gasteiger partial charge in [0, 0.05) is 19.2 Å². The fraction of sp³-hybridized carbons (Fsp3) is 0.333. The Morgan fingerprint density at radius 1 is 0.974 bits per heavy atom. The molecule has 3 aromatic rings. The predicted octanol–water partition coefficient (Wildman–Crippen LogP) is 4.53. The number of aryl methyl sites for hydroxylation is 1. The minimum atomic E-state index is -4.12. The fourth-order valence-electron chi connectivity index (χ4n) is 4.14. The minimum Gasteiger partial charge on any atom is -0.497 e. The van der Waals surface area contributed by atoms with Gasteiger partial charge in [0.2, 0.25) is 11.8 Å². The van der Waals surface area contributed by atoms with Crippen LogP contribution in [0.4, 0.5) is 5.69 Å². The van der Waals surface area contributed by atoms with Gasteiger partial charge < -0.3 is 15.0 Å². The maximum absolute atomic E-state index is 13.9. The number of rotatable bonds is 13. The van der Waals surface area contributed by atoms with Crippen LogP contribution in [0.3, 0.4) is 0 Å². The molecule has 3 aromatic carbocycles. The summed E-state index contributed by atoms with van der Waals surface area (Å²) in [6.45, 7) is 5.81. The molecule has 0 fully saturated rings. The zero-order valence-electron chi connectivity index (χ0n) is 23.0. The Kier molecular flexibility index (Phi) is 10.5. The maximum Gasteiger partial charge on any atom is 0.264 e. The first-order valence-electron chi connectivity index (χ1n) is 13.0. The number of nitrogens with one attached hydrogen (secondary N) is 1. The van der Waals surface area contributed by atoms with Crippen molar-refractivity contribution in [2.24, 2.45) is 0 Å². The Balaban J connectivity index is 2.01. The van der Waals surface area contributed by atoms with Crippen LogP contribution in [0.5, 0.6) is 5.75 Å². The second-order valence-corrected chi connectivity index (χ2v) is 11.2. The zero-order valence-corrected chi connectivity index (χ0v) is 23.8. The molecule has 0 radical (unpaired) electrons. The highest BCUT2D eigenvalue weighted by Crippen LogP contribution is 2.27. The Morgan fingerprint density at radius 2 is 1.69 bits per heavy atom. The lowest BCUT2D eigenvalue weighted by Gasteiger charge is -2.32. The van der Waals surface area contributed by atoms with Crippen LogP contribution in [0.2, 0.25) is 0 Å². The number of nitrogens with zero attached hydrogens (tertiary/aromatic N) is 2. The van der Waals surface area contributed by atoms with Crippen LogP contribution in [0.1, 0.15) is 37.8 Å². The number of hydrogen-bond acceptors (Lipinski definition) is 5. The smallest absolute Gasteiger partial charge is 0.264 e. The van der Waals surface area contributed by atoms with Gasteiger partial charge in [0.05, 0.1) is 17.7 Å². The van der Waals surface area contributed by atoms with Crippen molar-refractivity contribution >= 4 is 27.5 Å². The second-order valence-electron chi connectivity index (χ2n) is 9.36. The molecule has 0 aliphatic carbocycles. The standard InChI is InChI=1S/C30H37N3O5S/c1-5-6-18-31-30(35)24(3)32(21-25-13-10-12-23(2)19-25)29(34)22-33(26-14-11-15-27(20-26)38-4)39(36,37)28-16-8-7-9-17-28/h7-17,19-20,24H,5-6,18,21-22H2,1-4H3,(H,31,35)/t24-/m1/s1. The summed E-state index contributed by atoms with van der Waals surface area (Å²) in [6.07, 6.45) is 1.75. The molecule has 0 bridgehead atoms. The summed E-state index contributed by atoms with van der Waals surface area (Å²) in [7, 11) is -2.63. The van der Waals surface area contributed by atoms with Gasteiger partial charge in [-0.1, -0.05) is 67.4 Å². The van der Waals surface area contributed by atoms with Crippen LogP contribution < -0.4 is 14.4 Å². The van der Waals surface area contributed by atoms with Crippen LogP contribution in [-0.4, -0.2) is 51.4 Å². The van der Waals surface area contributed by atoms with E-state index < -0.39 is 28.5 Å². The molecule has 208 valence electrons. The molecule has 3 rings (SSSR count). The Morgan fingerprint density at radius 3 is 2.36 bits per heavy atom. The molecule has 0 aliphatic rings. The lowest BCUT2D eigenvalue weighted by molar-refractivity contribution is -0.139. The molecule has 39 heavy (non-hydrogen) atoms. The van der Waals surface area contributed by atoms with Crippen molar-refractivity contribution in [2.75, 3.05) is 24.5 Å². The van der Waals surface area contributed by atoms with E-state index in [1.54, 1.807) is 49.4 Å². The van der Waals surface area contributed by atoms with Crippen molar-refractivity contribution in [1.82, 2.24) is 10.2 Å². The number of ether oxygens (including phenoxy) is 1. The molecule has 0 saturated heterocycles. The van der Waals surface area contributed by atoms with Crippen LogP contribution in [0, 0.1) is 6.92 Å². The molecule has 1 N–H and O–H groups in total. The van der Waals surface area contributed by atoms with Gasteiger partial charge in [0.1, 0.15) is 18.3 Å². The molecular formula is C30H37N3O5S. The summed E-state index contributed by atoms with van der Waals surface area (Å²) in [6, 6.07) is 21.4. The van der Waals surface area contributed by atoms with Gasteiger partial charge in [-0.05, 0) is 50.1 Å². The van der Waals surface area contributed by atoms with E-state index in [0.29, 0.717) is 12.3 Å². The number of hydrogen-bond donors (Lipinski definition) is 1. The largest absolute Gasteiger partial charge is 0.497 e. The van der Waals surface area contributed by atoms with E-state index in [0.717, 1.165) is 28.3 Å². The second kappa shape index (κ2) is 13.8. The van der Waals surface area contributed by atoms with Crippen molar-refractivity contribution in [2.45, 2.75) is 51.1 Å². The summed E-state index contributed by atoms with van der Waals surface area (Å²) in [4.78, 5) is 28.4. The molecular weight excluding hydrogens is 514 g/mol. The molecule has 9 heteroatoms. The monoisotopic (exact) mass is 551 g/mol. The summed E-state index contributed by atoms with van der Waals surface area (Å²) < 4.78 is 34.0. The number of carbonyl (C=O) groups excluding carboxylic acids is 2. The maximum atomic E-state index is 13.9. The van der Waals surface area contributed by atoms with Crippen LogP contribution in [0.15, 0.2) is 83.8 Å². The first-order chi connectivity index (χ1) is 18.7. The van der Waals surface area contributed by atoms with Crippen molar-refractivity contribution in [3.05, 3.63) is 90.0 Å². The third kappa shape index (κ3) is 7.83. The number of amides is 2. The summed E-state index contributed by atoms with van der Waals surface area (Å²) in [5.74, 6) is -0.339. The molecule has 0 aliphatic heterocycles. The first kappa shape index (κ1) is 29.7. The molecule has 1 atom stereocenters. The number of sulfonamides is 1. The zero-order chi connectivity index (χ0) is 28.4. The highest BCUT2D eigenvalue weighted by Gasteiger charge is 2.32. The van der Waals surface area contributed by atoms with Crippen molar-refractivity contribution < 1.29 is 22.7 Å². The lowest BCUT2D eigenvalue weighted by Crippen LogP contribution is -2.51. The first-order valence-corrected chi connectivity index (χ1v) is 14.5. The summed E-state index contributed by atoms with van der Waals surface area (Å²) >= 11 is 0. The van der Waals surface area contributed by atoms with Gasteiger partial charge in [0.25, 0.3) is 10.0 Å². The van der Waals surface area contributed by atoms with Crippen molar-refractivity contribution in [1.29, 1.82) is 0 Å². The average molecular weight is 552 g/mol. The predicted molar refractivity (Wildman–Crippen MR) is 153 cm³/mol. The Hall–Kier alpha value is -3.85. The minimum absolute atomic E-state index is 0.0520. The van der Waals surface area contributed by atoms with Crippen LogP contribution in [0.25, 0.3) is 0 Å². The molecule has 2 amide bonds. The number of carbonyl (C=O) groups is 2. The van der Waals surface area contributed by atoms with Gasteiger partial charge in [-0.3, -0.25) is 13.9 Å². The molecule has 0 heterocycles. The Labute approximate surface area is 231 Å². The summed E-state index contributed by atoms with van der Waals surface area (Å²) in [5.41, 5.74) is 2.14. The lowest BCUT2D eigenvalue weighted by atomic mass is 10.1. The van der Waals surface area contributed by atoms with E-state index in [4.69, 9.17) is 4.74 Å². The number of benzene rings is 3. The van der Waals surface area contributed by atoms with Gasteiger partial charge in [-0.2, -0.15) is 0 Å². The van der Waals surface area contributed by atoms with Crippen LogP contribution >= 0.6 is 0 Å². The Bertz CT molecular complexity index is 1360. The molecule has 0 spiro atoms. The quantitative estimate of drug-likeness (QED) is 0.315. The van der Waals surface area contributed by atoms with Gasteiger partial charge >= 0.3 is 0 Å². The number of methoxy groups -OCH3 is 1. The van der Waals surface area contributed by atoms with E-state index in [2.05, 4.69) is 5.32 Å². The van der Waals surface area contributed by atoms with Gasteiger partial charge in [0.15, 0.2) is 0 Å². The van der Waals surface area contributed by atoms with E-state index >= 15 is 0 Å². The number of anilines is 1. The van der Waals surface area contributed by atoms with Crippen LogP contribution in [-0.2, 0) is 26.2 Å². The highest BCUT2D eigenvalue weighted by molar-refractivity contribution is 7.92. The van der Waals surface area contributed by atoms with E-state index in [9.17, 15) is 18.0 Å². The molecule has 0 saturated carbocycles. The summed E-state index contributed by atoms with van der Waals surface area (Å²) in [5, 5.41) is 2.89. The average Bonchev–Trinajstić information content (AvgIpc) is 2.94. The molecule has 0 aromatic heterocycles. The van der Waals surface area contributed by atoms with Crippen molar-refractivity contribution in [3.63, 3.8) is 0 Å². The molecule has 8 nitrogen and oxygen atoms in total. The third-order valence-corrected chi connectivity index (χ3v) is 8.17. The topological polar surface area (TPSA) is 96.0 Å². The van der Waals surface area contributed by atoms with E-state index in [-0.39, 0.29) is 23.0 Å². The fourth-order valence-corrected chi connectivity index (χ4v) is 5.57. The van der Waals surface area contributed by atoms with Crippen molar-refractivity contribution in [3.8, 4) is 5.75 Å².